The van der Waals surface area contributed by atoms with Crippen LogP contribution in [0.1, 0.15) is 12.0 Å². The average molecular weight is 225 g/mol. The summed E-state index contributed by atoms with van der Waals surface area (Å²) in [5.41, 5.74) is 0.989. The van der Waals surface area contributed by atoms with Crippen LogP contribution in [0.3, 0.4) is 0 Å². The third kappa shape index (κ3) is 2.25. The normalized spacial score (nSPS) is 25.9. The van der Waals surface area contributed by atoms with Crippen LogP contribution in [0.15, 0.2) is 23.0 Å². The highest BCUT2D eigenvalue weighted by atomic mass is 16.5. The highest BCUT2D eigenvalue weighted by Gasteiger charge is 2.36. The number of methoxy groups -OCH3 is 1. The summed E-state index contributed by atoms with van der Waals surface area (Å²) in [4.78, 5) is 13.4. The number of hydrogen-bond donors (Lipinski definition) is 1. The number of ether oxygens (including phenoxy) is 1. The van der Waals surface area contributed by atoms with E-state index in [0.29, 0.717) is 19.5 Å². The molecule has 2 heterocycles. The highest BCUT2D eigenvalue weighted by molar-refractivity contribution is 5.76. The Labute approximate surface area is 93.6 Å². The van der Waals surface area contributed by atoms with Gasteiger partial charge in [-0.25, -0.2) is 0 Å². The third-order valence-corrected chi connectivity index (χ3v) is 2.82. The molecule has 1 aliphatic heterocycles. The Balaban J connectivity index is 2.04. The average Bonchev–Trinajstić information content (AvgIpc) is 2.88. The lowest BCUT2D eigenvalue weighted by molar-refractivity contribution is -0.146. The SMILES string of the molecule is COC(=O)[C@@H]1C[C@H](O)CN1Cc1ccoc1. The summed E-state index contributed by atoms with van der Waals surface area (Å²) < 4.78 is 9.69. The molecule has 2 atom stereocenters. The van der Waals surface area contributed by atoms with E-state index < -0.39 is 6.10 Å². The van der Waals surface area contributed by atoms with Gasteiger partial charge in [0.15, 0.2) is 0 Å². The number of β-amino-alcohol motifs (C(OH)–C–C–N with tert-alkyl or cyclic N) is 1. The maximum absolute atomic E-state index is 11.5. The van der Waals surface area contributed by atoms with E-state index in [-0.39, 0.29) is 12.0 Å². The Kier molecular flexibility index (Phi) is 3.26. The zero-order valence-corrected chi connectivity index (χ0v) is 9.13. The van der Waals surface area contributed by atoms with E-state index >= 15 is 0 Å². The number of aliphatic hydroxyl groups is 1. The van der Waals surface area contributed by atoms with Crippen molar-refractivity contribution in [3.63, 3.8) is 0 Å². The Hall–Kier alpha value is -1.33. The summed E-state index contributed by atoms with van der Waals surface area (Å²) >= 11 is 0. The van der Waals surface area contributed by atoms with Crippen LogP contribution in [0.2, 0.25) is 0 Å². The minimum absolute atomic E-state index is 0.292. The van der Waals surface area contributed by atoms with Gasteiger partial charge in [-0.3, -0.25) is 9.69 Å². The number of likely N-dealkylation sites (tertiary alicyclic amines) is 1. The summed E-state index contributed by atoms with van der Waals surface area (Å²) in [6.45, 7) is 1.08. The molecule has 0 spiro atoms. The Morgan fingerprint density at radius 1 is 1.75 bits per heavy atom. The van der Waals surface area contributed by atoms with Crippen molar-refractivity contribution < 1.29 is 19.1 Å². The Morgan fingerprint density at radius 2 is 2.56 bits per heavy atom. The van der Waals surface area contributed by atoms with Gasteiger partial charge in [-0.2, -0.15) is 0 Å². The van der Waals surface area contributed by atoms with Crippen LogP contribution in [0.4, 0.5) is 0 Å². The van der Waals surface area contributed by atoms with Gasteiger partial charge >= 0.3 is 5.97 Å². The fraction of sp³-hybridized carbons (Fsp3) is 0.545. The first-order valence-electron chi connectivity index (χ1n) is 5.21. The van der Waals surface area contributed by atoms with Crippen LogP contribution in [0, 0.1) is 0 Å². The molecule has 88 valence electrons. The van der Waals surface area contributed by atoms with Gasteiger partial charge in [-0.1, -0.05) is 0 Å². The molecule has 0 aromatic carbocycles. The van der Waals surface area contributed by atoms with E-state index in [1.807, 2.05) is 11.0 Å². The molecule has 0 unspecified atom stereocenters. The van der Waals surface area contributed by atoms with Gasteiger partial charge in [0.2, 0.25) is 0 Å². The Bertz CT molecular complexity index is 349. The van der Waals surface area contributed by atoms with Gasteiger partial charge in [0, 0.05) is 25.1 Å². The maximum Gasteiger partial charge on any atom is 0.323 e. The van der Waals surface area contributed by atoms with Crippen molar-refractivity contribution in [1.82, 2.24) is 4.90 Å². The molecule has 16 heavy (non-hydrogen) atoms. The van der Waals surface area contributed by atoms with E-state index in [1.54, 1.807) is 12.5 Å². The standard InChI is InChI=1S/C11H15NO4/c1-15-11(14)10-4-9(13)6-12(10)5-8-2-3-16-7-8/h2-3,7,9-10,13H,4-6H2,1H3/t9-,10-/m0/s1. The lowest BCUT2D eigenvalue weighted by Gasteiger charge is -2.20. The lowest BCUT2D eigenvalue weighted by Crippen LogP contribution is -2.36. The second kappa shape index (κ2) is 4.67. The van der Waals surface area contributed by atoms with E-state index in [4.69, 9.17) is 9.15 Å². The summed E-state index contributed by atoms with van der Waals surface area (Å²) in [7, 11) is 1.36. The van der Waals surface area contributed by atoms with Crippen LogP contribution in [0.5, 0.6) is 0 Å². The van der Waals surface area contributed by atoms with Gasteiger partial charge in [-0.15, -0.1) is 0 Å². The van der Waals surface area contributed by atoms with Crippen molar-refractivity contribution in [2.24, 2.45) is 0 Å². The number of nitrogens with zero attached hydrogens (tertiary/aromatic N) is 1. The molecule has 0 bridgehead atoms. The monoisotopic (exact) mass is 225 g/mol. The molecule has 0 amide bonds. The van der Waals surface area contributed by atoms with Crippen molar-refractivity contribution in [1.29, 1.82) is 0 Å². The van der Waals surface area contributed by atoms with Crippen LogP contribution in [0.25, 0.3) is 0 Å². The van der Waals surface area contributed by atoms with E-state index in [0.717, 1.165) is 5.56 Å². The van der Waals surface area contributed by atoms with E-state index in [9.17, 15) is 9.90 Å². The summed E-state index contributed by atoms with van der Waals surface area (Å²) in [6.07, 6.45) is 3.20. The highest BCUT2D eigenvalue weighted by Crippen LogP contribution is 2.21. The number of carbonyl (C=O) groups excluding carboxylic acids is 1. The minimum atomic E-state index is -0.462. The van der Waals surface area contributed by atoms with Gasteiger partial charge in [0.25, 0.3) is 0 Å². The predicted octanol–water partition coefficient (Wildman–Crippen LogP) is 0.388. The molecule has 0 aliphatic carbocycles. The van der Waals surface area contributed by atoms with Gasteiger partial charge in [-0.05, 0) is 6.07 Å². The number of rotatable bonds is 3. The zero-order valence-electron chi connectivity index (χ0n) is 9.13. The molecule has 1 aromatic rings. The molecule has 1 saturated heterocycles. The van der Waals surface area contributed by atoms with Gasteiger partial charge in [0.05, 0.1) is 25.7 Å². The predicted molar refractivity (Wildman–Crippen MR) is 55.5 cm³/mol. The van der Waals surface area contributed by atoms with Crippen LogP contribution in [-0.2, 0) is 16.1 Å². The topological polar surface area (TPSA) is 62.9 Å². The Morgan fingerprint density at radius 3 is 3.19 bits per heavy atom. The smallest absolute Gasteiger partial charge is 0.323 e. The summed E-state index contributed by atoms with van der Waals surface area (Å²) in [6, 6.07) is 1.49. The molecule has 1 fully saturated rings. The summed E-state index contributed by atoms with van der Waals surface area (Å²) in [5.74, 6) is -0.292. The molecular weight excluding hydrogens is 210 g/mol. The fourth-order valence-corrected chi connectivity index (χ4v) is 2.05. The first kappa shape index (κ1) is 11.2. The second-order valence-electron chi connectivity index (χ2n) is 3.99. The van der Waals surface area contributed by atoms with Crippen molar-refractivity contribution in [3.05, 3.63) is 24.2 Å². The number of aliphatic hydroxyl groups excluding tert-OH is 1. The maximum atomic E-state index is 11.5. The first-order chi connectivity index (χ1) is 7.70. The lowest BCUT2D eigenvalue weighted by atomic mass is 10.2. The van der Waals surface area contributed by atoms with Crippen LogP contribution >= 0.6 is 0 Å². The van der Waals surface area contributed by atoms with E-state index in [2.05, 4.69) is 0 Å². The quantitative estimate of drug-likeness (QED) is 0.754. The molecule has 1 aromatic heterocycles. The summed E-state index contributed by atoms with van der Waals surface area (Å²) in [5, 5.41) is 9.57. The number of hydrogen-bond acceptors (Lipinski definition) is 5. The van der Waals surface area contributed by atoms with Gasteiger partial charge in [0.1, 0.15) is 6.04 Å². The molecule has 0 saturated carbocycles. The molecule has 5 heteroatoms. The number of esters is 1. The first-order valence-corrected chi connectivity index (χ1v) is 5.21. The van der Waals surface area contributed by atoms with Crippen molar-refractivity contribution in [3.8, 4) is 0 Å². The molecule has 1 N–H and O–H groups in total. The van der Waals surface area contributed by atoms with E-state index in [1.165, 1.54) is 7.11 Å². The third-order valence-electron chi connectivity index (χ3n) is 2.82. The number of furan rings is 1. The molecule has 1 aliphatic rings. The molecule has 2 rings (SSSR count). The van der Waals surface area contributed by atoms with Crippen LogP contribution in [-0.4, -0.2) is 41.8 Å². The minimum Gasteiger partial charge on any atom is -0.472 e. The molecular formula is C11H15NO4. The van der Waals surface area contributed by atoms with Gasteiger partial charge < -0.3 is 14.3 Å². The van der Waals surface area contributed by atoms with Crippen molar-refractivity contribution >= 4 is 5.97 Å². The van der Waals surface area contributed by atoms with Crippen molar-refractivity contribution in [2.45, 2.75) is 25.1 Å². The molecule has 0 radical (unpaired) electrons. The molecule has 5 nitrogen and oxygen atoms in total. The van der Waals surface area contributed by atoms with Crippen molar-refractivity contribution in [2.75, 3.05) is 13.7 Å². The largest absolute Gasteiger partial charge is 0.472 e. The zero-order chi connectivity index (χ0) is 11.5. The number of carbonyl (C=O) groups is 1. The second-order valence-corrected chi connectivity index (χ2v) is 3.99. The fourth-order valence-electron chi connectivity index (χ4n) is 2.05. The van der Waals surface area contributed by atoms with Crippen LogP contribution < -0.4 is 0 Å².